The minimum Gasteiger partial charge on any atom is -0.327 e. The summed E-state index contributed by atoms with van der Waals surface area (Å²) in [6.07, 6.45) is -2.73. The molecular weight excluding hydrogens is 349 g/mol. The molecule has 2 aromatic rings. The number of benzene rings is 1. The highest BCUT2D eigenvalue weighted by Gasteiger charge is 2.28. The fourth-order valence-electron chi connectivity index (χ4n) is 2.50. The van der Waals surface area contributed by atoms with Gasteiger partial charge in [-0.25, -0.2) is 10.5 Å². The van der Waals surface area contributed by atoms with Gasteiger partial charge in [0.25, 0.3) is 5.91 Å². The summed E-state index contributed by atoms with van der Waals surface area (Å²) in [6, 6.07) is 5.20. The van der Waals surface area contributed by atoms with Crippen LogP contribution in [0.4, 0.5) is 13.2 Å². The highest BCUT2D eigenvalue weighted by Crippen LogP contribution is 2.25. The van der Waals surface area contributed by atoms with Crippen LogP contribution in [0.5, 0.6) is 0 Å². The molecule has 0 radical (unpaired) electrons. The van der Waals surface area contributed by atoms with Crippen LogP contribution in [-0.4, -0.2) is 52.4 Å². The molecule has 1 aromatic heterocycles. The Balaban J connectivity index is 2.35. The number of aromatic nitrogens is 2. The molecule has 0 spiro atoms. The number of halogens is 3. The van der Waals surface area contributed by atoms with E-state index in [0.717, 1.165) is 11.6 Å². The largest absolute Gasteiger partial charge is 0.389 e. The Labute approximate surface area is 148 Å². The second-order valence-electron chi connectivity index (χ2n) is 6.16. The van der Waals surface area contributed by atoms with Crippen molar-refractivity contribution in [2.45, 2.75) is 25.6 Å². The van der Waals surface area contributed by atoms with E-state index in [1.54, 1.807) is 22.8 Å². The molecule has 1 aromatic carbocycles. The number of nitrogens with one attached hydrogen (secondary N) is 1. The summed E-state index contributed by atoms with van der Waals surface area (Å²) >= 11 is 0. The van der Waals surface area contributed by atoms with Gasteiger partial charge in [0.05, 0.1) is 17.5 Å². The SMILES string of the molecule is CN(C)CCn1c(CCC(F)(F)F)nc2cc(C=CC(=O)NO)ccc21. The molecule has 2 N–H and O–H groups in total. The first kappa shape index (κ1) is 19.9. The molecule has 142 valence electrons. The monoisotopic (exact) mass is 370 g/mol. The number of imidazole rings is 1. The Hall–Kier alpha value is -2.39. The topological polar surface area (TPSA) is 70.4 Å². The van der Waals surface area contributed by atoms with Gasteiger partial charge in [-0.3, -0.25) is 10.0 Å². The molecule has 0 bridgehead atoms. The third kappa shape index (κ3) is 5.57. The maximum Gasteiger partial charge on any atom is 0.389 e. The van der Waals surface area contributed by atoms with Gasteiger partial charge >= 0.3 is 6.18 Å². The molecule has 0 fully saturated rings. The van der Waals surface area contributed by atoms with E-state index in [2.05, 4.69) is 4.98 Å². The van der Waals surface area contributed by atoms with E-state index in [-0.39, 0.29) is 6.42 Å². The molecule has 0 saturated heterocycles. The summed E-state index contributed by atoms with van der Waals surface area (Å²) in [6.45, 7) is 1.20. The van der Waals surface area contributed by atoms with Gasteiger partial charge < -0.3 is 9.47 Å². The second-order valence-corrected chi connectivity index (χ2v) is 6.16. The number of hydrogen-bond donors (Lipinski definition) is 2. The van der Waals surface area contributed by atoms with Crippen molar-refractivity contribution in [1.82, 2.24) is 19.9 Å². The number of rotatable bonds is 7. The summed E-state index contributed by atoms with van der Waals surface area (Å²) in [7, 11) is 3.78. The number of aryl methyl sites for hydroxylation is 1. The van der Waals surface area contributed by atoms with Crippen molar-refractivity contribution >= 4 is 23.0 Å². The highest BCUT2D eigenvalue weighted by molar-refractivity contribution is 5.91. The molecule has 1 amide bonds. The first-order valence-electron chi connectivity index (χ1n) is 8.02. The highest BCUT2D eigenvalue weighted by atomic mass is 19.4. The maximum absolute atomic E-state index is 12.6. The van der Waals surface area contributed by atoms with Crippen molar-refractivity contribution < 1.29 is 23.2 Å². The summed E-state index contributed by atoms with van der Waals surface area (Å²) < 4.78 is 39.6. The Morgan fingerprint density at radius 2 is 2.12 bits per heavy atom. The van der Waals surface area contributed by atoms with Gasteiger partial charge in [-0.2, -0.15) is 13.2 Å². The average molecular weight is 370 g/mol. The third-order valence-corrected chi connectivity index (χ3v) is 3.79. The van der Waals surface area contributed by atoms with Crippen LogP contribution in [0.2, 0.25) is 0 Å². The number of carbonyl (C=O) groups excluding carboxylic acids is 1. The van der Waals surface area contributed by atoms with Crippen LogP contribution in [0, 0.1) is 0 Å². The van der Waals surface area contributed by atoms with Gasteiger partial charge in [-0.15, -0.1) is 0 Å². The predicted octanol–water partition coefficient (Wildman–Crippen LogP) is 2.61. The number of hydroxylamine groups is 1. The first-order chi connectivity index (χ1) is 12.2. The molecular formula is C17H21F3N4O2. The van der Waals surface area contributed by atoms with Gasteiger partial charge in [0.1, 0.15) is 5.82 Å². The van der Waals surface area contributed by atoms with Gasteiger partial charge in [-0.05, 0) is 37.9 Å². The molecule has 2 rings (SSSR count). The lowest BCUT2D eigenvalue weighted by Crippen LogP contribution is -2.20. The van der Waals surface area contributed by atoms with E-state index < -0.39 is 18.5 Å². The van der Waals surface area contributed by atoms with Crippen molar-refractivity contribution in [3.05, 3.63) is 35.7 Å². The maximum atomic E-state index is 12.6. The second kappa shape index (κ2) is 8.33. The lowest BCUT2D eigenvalue weighted by molar-refractivity contribution is -0.134. The molecule has 0 aliphatic rings. The molecule has 26 heavy (non-hydrogen) atoms. The minimum atomic E-state index is -4.24. The Bertz CT molecular complexity index is 797. The molecule has 0 aliphatic carbocycles. The summed E-state index contributed by atoms with van der Waals surface area (Å²) in [5.41, 5.74) is 3.45. The number of nitrogens with zero attached hydrogens (tertiary/aromatic N) is 3. The van der Waals surface area contributed by atoms with E-state index in [9.17, 15) is 18.0 Å². The van der Waals surface area contributed by atoms with Gasteiger partial charge in [0, 0.05) is 25.6 Å². The van der Waals surface area contributed by atoms with E-state index in [1.807, 2.05) is 19.0 Å². The lowest BCUT2D eigenvalue weighted by atomic mass is 10.2. The molecule has 0 atom stereocenters. The zero-order valence-electron chi connectivity index (χ0n) is 14.5. The molecule has 6 nitrogen and oxygen atoms in total. The molecule has 9 heteroatoms. The Morgan fingerprint density at radius 1 is 1.38 bits per heavy atom. The Morgan fingerprint density at radius 3 is 2.73 bits per heavy atom. The number of likely N-dealkylation sites (N-methyl/N-ethyl adjacent to an activating group) is 1. The summed E-state index contributed by atoms with van der Waals surface area (Å²) in [5.74, 6) is -0.291. The number of hydrogen-bond acceptors (Lipinski definition) is 4. The quantitative estimate of drug-likeness (QED) is 0.447. The van der Waals surface area contributed by atoms with Crippen LogP contribution in [0.25, 0.3) is 17.1 Å². The first-order valence-corrected chi connectivity index (χ1v) is 8.02. The van der Waals surface area contributed by atoms with Crippen molar-refractivity contribution in [2.24, 2.45) is 0 Å². The number of alkyl halides is 3. The zero-order valence-corrected chi connectivity index (χ0v) is 14.5. The summed E-state index contributed by atoms with van der Waals surface area (Å²) in [4.78, 5) is 17.4. The van der Waals surface area contributed by atoms with Crippen molar-refractivity contribution in [1.29, 1.82) is 0 Å². The van der Waals surface area contributed by atoms with E-state index in [1.165, 1.54) is 11.6 Å². The third-order valence-electron chi connectivity index (χ3n) is 3.79. The van der Waals surface area contributed by atoms with Crippen LogP contribution in [0.3, 0.4) is 0 Å². The van der Waals surface area contributed by atoms with Crippen LogP contribution in [-0.2, 0) is 17.8 Å². The fraction of sp³-hybridized carbons (Fsp3) is 0.412. The van der Waals surface area contributed by atoms with E-state index in [0.29, 0.717) is 30.0 Å². The van der Waals surface area contributed by atoms with Crippen LogP contribution < -0.4 is 5.48 Å². The fourth-order valence-corrected chi connectivity index (χ4v) is 2.50. The molecule has 1 heterocycles. The lowest BCUT2D eigenvalue weighted by Gasteiger charge is -2.14. The predicted molar refractivity (Wildman–Crippen MR) is 91.6 cm³/mol. The van der Waals surface area contributed by atoms with E-state index >= 15 is 0 Å². The van der Waals surface area contributed by atoms with Crippen molar-refractivity contribution in [3.63, 3.8) is 0 Å². The smallest absolute Gasteiger partial charge is 0.327 e. The molecule has 0 saturated carbocycles. The Kier molecular flexibility index (Phi) is 6.38. The minimum absolute atomic E-state index is 0.191. The number of amides is 1. The molecule has 0 aliphatic heterocycles. The van der Waals surface area contributed by atoms with Crippen LogP contribution >= 0.6 is 0 Å². The van der Waals surface area contributed by atoms with Crippen LogP contribution in [0.15, 0.2) is 24.3 Å². The van der Waals surface area contributed by atoms with E-state index in [4.69, 9.17) is 5.21 Å². The normalized spacial score (nSPS) is 12.4. The standard InChI is InChI=1S/C17H21F3N4O2/c1-23(2)9-10-24-14-5-3-12(4-6-16(25)22-26)11-13(14)21-15(24)7-8-17(18,19)20/h3-6,11,26H,7-10H2,1-2H3,(H,22,25). The van der Waals surface area contributed by atoms with Crippen molar-refractivity contribution in [3.8, 4) is 0 Å². The average Bonchev–Trinajstić information content (AvgIpc) is 2.92. The van der Waals surface area contributed by atoms with Gasteiger partial charge in [0.15, 0.2) is 0 Å². The van der Waals surface area contributed by atoms with Gasteiger partial charge in [0.2, 0.25) is 0 Å². The number of carbonyl (C=O) groups is 1. The van der Waals surface area contributed by atoms with Gasteiger partial charge in [-0.1, -0.05) is 6.07 Å². The zero-order chi connectivity index (χ0) is 19.3. The molecule has 0 unspecified atom stereocenters. The van der Waals surface area contributed by atoms with Crippen LogP contribution in [0.1, 0.15) is 17.8 Å². The summed E-state index contributed by atoms with van der Waals surface area (Å²) in [5, 5.41) is 8.49. The van der Waals surface area contributed by atoms with Crippen molar-refractivity contribution in [2.75, 3.05) is 20.6 Å². The number of fused-ring (bicyclic) bond motifs is 1.